The van der Waals surface area contributed by atoms with Crippen LogP contribution in [0.4, 0.5) is 5.69 Å². The van der Waals surface area contributed by atoms with Gasteiger partial charge in [-0.15, -0.1) is 0 Å². The lowest BCUT2D eigenvalue weighted by Crippen LogP contribution is -2.36. The molecule has 3 nitrogen and oxygen atoms in total. The minimum atomic E-state index is 0.0894. The fraction of sp³-hybridized carbons (Fsp3) is 0.625. The van der Waals surface area contributed by atoms with Crippen molar-refractivity contribution in [1.82, 2.24) is 5.32 Å². The SMILES string of the molecule is CCCN(CCO)c1ccc(Br)cc1CNC(C)(C)C. The van der Waals surface area contributed by atoms with E-state index in [2.05, 4.69) is 72.0 Å². The second-order valence-electron chi connectivity index (χ2n) is 6.09. The molecule has 0 aliphatic heterocycles. The van der Waals surface area contributed by atoms with Gasteiger partial charge in [0.05, 0.1) is 6.61 Å². The molecule has 0 fully saturated rings. The van der Waals surface area contributed by atoms with Crippen LogP contribution >= 0.6 is 15.9 Å². The first-order chi connectivity index (χ1) is 9.37. The third kappa shape index (κ3) is 5.81. The standard InChI is InChI=1S/C16H27BrN2O/c1-5-8-19(9-10-20)15-7-6-14(17)11-13(15)12-18-16(2,3)4/h6-7,11,18,20H,5,8-10,12H2,1-4H3. The lowest BCUT2D eigenvalue weighted by atomic mass is 10.1. The van der Waals surface area contributed by atoms with Gasteiger partial charge in [0.25, 0.3) is 0 Å². The van der Waals surface area contributed by atoms with E-state index < -0.39 is 0 Å². The van der Waals surface area contributed by atoms with Crippen molar-refractivity contribution >= 4 is 21.6 Å². The largest absolute Gasteiger partial charge is 0.395 e. The maximum atomic E-state index is 9.26. The molecule has 2 N–H and O–H groups in total. The second kappa shape index (κ2) is 8.01. The summed E-state index contributed by atoms with van der Waals surface area (Å²) in [5, 5.41) is 12.8. The molecule has 114 valence electrons. The Morgan fingerprint density at radius 3 is 2.50 bits per heavy atom. The molecule has 1 aromatic carbocycles. The van der Waals surface area contributed by atoms with Gasteiger partial charge in [-0.2, -0.15) is 0 Å². The van der Waals surface area contributed by atoms with E-state index in [4.69, 9.17) is 0 Å². The number of halogens is 1. The Morgan fingerprint density at radius 2 is 1.95 bits per heavy atom. The van der Waals surface area contributed by atoms with Gasteiger partial charge in [0.1, 0.15) is 0 Å². The van der Waals surface area contributed by atoms with Crippen molar-refractivity contribution in [1.29, 1.82) is 0 Å². The number of hydrogen-bond acceptors (Lipinski definition) is 3. The van der Waals surface area contributed by atoms with Crippen LogP contribution in [0.5, 0.6) is 0 Å². The van der Waals surface area contributed by atoms with E-state index in [1.54, 1.807) is 0 Å². The molecule has 0 amide bonds. The minimum absolute atomic E-state index is 0.0894. The molecule has 1 aromatic rings. The van der Waals surface area contributed by atoms with Crippen molar-refractivity contribution in [2.45, 2.75) is 46.2 Å². The van der Waals surface area contributed by atoms with Crippen LogP contribution < -0.4 is 10.2 Å². The highest BCUT2D eigenvalue weighted by Crippen LogP contribution is 2.25. The highest BCUT2D eigenvalue weighted by Gasteiger charge is 2.14. The molecular formula is C16H27BrN2O. The van der Waals surface area contributed by atoms with Crippen LogP contribution in [0.15, 0.2) is 22.7 Å². The Labute approximate surface area is 131 Å². The van der Waals surface area contributed by atoms with Gasteiger partial charge in [0.2, 0.25) is 0 Å². The smallest absolute Gasteiger partial charge is 0.0606 e. The van der Waals surface area contributed by atoms with Gasteiger partial charge in [-0.25, -0.2) is 0 Å². The Morgan fingerprint density at radius 1 is 1.25 bits per heavy atom. The molecule has 0 unspecified atom stereocenters. The van der Waals surface area contributed by atoms with Gasteiger partial charge >= 0.3 is 0 Å². The van der Waals surface area contributed by atoms with Crippen LogP contribution in [0.3, 0.4) is 0 Å². The number of nitrogens with one attached hydrogen (secondary N) is 1. The number of aliphatic hydroxyl groups is 1. The highest BCUT2D eigenvalue weighted by molar-refractivity contribution is 9.10. The maximum absolute atomic E-state index is 9.26. The average molecular weight is 343 g/mol. The summed E-state index contributed by atoms with van der Waals surface area (Å²) in [5.74, 6) is 0. The van der Waals surface area contributed by atoms with Crippen molar-refractivity contribution in [3.8, 4) is 0 Å². The summed E-state index contributed by atoms with van der Waals surface area (Å²) in [5.41, 5.74) is 2.56. The lowest BCUT2D eigenvalue weighted by Gasteiger charge is -2.28. The summed E-state index contributed by atoms with van der Waals surface area (Å²) in [6.07, 6.45) is 1.07. The first-order valence-electron chi connectivity index (χ1n) is 7.26. The lowest BCUT2D eigenvalue weighted by molar-refractivity contribution is 0.301. The number of rotatable bonds is 7. The third-order valence-corrected chi connectivity index (χ3v) is 3.55. The number of nitrogens with zero attached hydrogens (tertiary/aromatic N) is 1. The minimum Gasteiger partial charge on any atom is -0.395 e. The first-order valence-corrected chi connectivity index (χ1v) is 8.06. The molecule has 0 saturated heterocycles. The monoisotopic (exact) mass is 342 g/mol. The summed E-state index contributed by atoms with van der Waals surface area (Å²) in [4.78, 5) is 2.26. The van der Waals surface area contributed by atoms with Gasteiger partial charge in [-0.1, -0.05) is 22.9 Å². The predicted molar refractivity (Wildman–Crippen MR) is 90.3 cm³/mol. The van der Waals surface area contributed by atoms with E-state index in [1.165, 1.54) is 11.3 Å². The van der Waals surface area contributed by atoms with Crippen molar-refractivity contribution in [2.75, 3.05) is 24.6 Å². The summed E-state index contributed by atoms with van der Waals surface area (Å²) < 4.78 is 1.09. The van der Waals surface area contributed by atoms with Crippen LogP contribution in [0.2, 0.25) is 0 Å². The van der Waals surface area contributed by atoms with Crippen LogP contribution in [0.1, 0.15) is 39.7 Å². The first kappa shape index (κ1) is 17.5. The van der Waals surface area contributed by atoms with Crippen LogP contribution in [0, 0.1) is 0 Å². The molecule has 4 heteroatoms. The normalized spacial score (nSPS) is 11.7. The third-order valence-electron chi connectivity index (χ3n) is 3.05. The Kier molecular flexibility index (Phi) is 7.00. The topological polar surface area (TPSA) is 35.5 Å². The zero-order valence-corrected chi connectivity index (χ0v) is 14.6. The van der Waals surface area contributed by atoms with Crippen molar-refractivity contribution in [3.05, 3.63) is 28.2 Å². The van der Waals surface area contributed by atoms with E-state index in [0.717, 1.165) is 24.0 Å². The number of benzene rings is 1. The Hall–Kier alpha value is -0.580. The summed E-state index contributed by atoms with van der Waals surface area (Å²) >= 11 is 3.55. The van der Waals surface area contributed by atoms with Crippen LogP contribution in [0.25, 0.3) is 0 Å². The molecule has 0 spiro atoms. The van der Waals surface area contributed by atoms with E-state index in [0.29, 0.717) is 6.54 Å². The zero-order valence-electron chi connectivity index (χ0n) is 13.0. The van der Waals surface area contributed by atoms with E-state index >= 15 is 0 Å². The van der Waals surface area contributed by atoms with E-state index in [-0.39, 0.29) is 12.1 Å². The molecule has 0 bridgehead atoms. The molecule has 20 heavy (non-hydrogen) atoms. The molecular weight excluding hydrogens is 316 g/mol. The fourth-order valence-electron chi connectivity index (χ4n) is 2.11. The molecule has 0 heterocycles. The van der Waals surface area contributed by atoms with Gasteiger partial charge in [0.15, 0.2) is 0 Å². The maximum Gasteiger partial charge on any atom is 0.0606 e. The van der Waals surface area contributed by atoms with Gasteiger partial charge < -0.3 is 15.3 Å². The van der Waals surface area contributed by atoms with Gasteiger partial charge in [-0.05, 0) is 51.0 Å². The Bertz CT molecular complexity index is 409. The van der Waals surface area contributed by atoms with Crippen molar-refractivity contribution in [3.63, 3.8) is 0 Å². The summed E-state index contributed by atoms with van der Waals surface area (Å²) in [6, 6.07) is 6.36. The van der Waals surface area contributed by atoms with Crippen LogP contribution in [-0.4, -0.2) is 30.3 Å². The van der Waals surface area contributed by atoms with Gasteiger partial charge in [0, 0.05) is 35.3 Å². The number of hydrogen-bond donors (Lipinski definition) is 2. The number of aliphatic hydroxyl groups excluding tert-OH is 1. The molecule has 0 saturated carbocycles. The molecule has 0 aromatic heterocycles. The van der Waals surface area contributed by atoms with Crippen molar-refractivity contribution in [2.24, 2.45) is 0 Å². The van der Waals surface area contributed by atoms with E-state index in [9.17, 15) is 5.11 Å². The highest BCUT2D eigenvalue weighted by atomic mass is 79.9. The predicted octanol–water partition coefficient (Wildman–Crippen LogP) is 3.55. The Balaban J connectivity index is 2.98. The molecule has 0 radical (unpaired) electrons. The number of anilines is 1. The van der Waals surface area contributed by atoms with Crippen LogP contribution in [-0.2, 0) is 6.54 Å². The summed E-state index contributed by atoms with van der Waals surface area (Å²) in [7, 11) is 0. The quantitative estimate of drug-likeness (QED) is 0.795. The molecule has 0 atom stereocenters. The molecule has 1 rings (SSSR count). The average Bonchev–Trinajstić information content (AvgIpc) is 2.35. The molecule has 0 aliphatic carbocycles. The van der Waals surface area contributed by atoms with Gasteiger partial charge in [-0.3, -0.25) is 0 Å². The summed E-state index contributed by atoms with van der Waals surface area (Å²) in [6.45, 7) is 11.3. The zero-order chi connectivity index (χ0) is 15.2. The molecule has 0 aliphatic rings. The van der Waals surface area contributed by atoms with Crippen molar-refractivity contribution < 1.29 is 5.11 Å². The fourth-order valence-corrected chi connectivity index (χ4v) is 2.52. The second-order valence-corrected chi connectivity index (χ2v) is 7.00. The van der Waals surface area contributed by atoms with E-state index in [1.807, 2.05) is 0 Å².